The van der Waals surface area contributed by atoms with E-state index in [1.165, 1.54) is 17.2 Å². The molecule has 0 bridgehead atoms. The summed E-state index contributed by atoms with van der Waals surface area (Å²) in [4.78, 5) is 2.51. The molecule has 0 amide bonds. The van der Waals surface area contributed by atoms with E-state index in [4.69, 9.17) is 10.00 Å². The number of nitrogens with one attached hydrogen (secondary N) is 2. The molecule has 2 aromatic carbocycles. The Hall–Kier alpha value is -3.68. The molecule has 1 aliphatic heterocycles. The molecule has 4 rings (SSSR count). The molecule has 1 saturated carbocycles. The maximum Gasteiger partial charge on any atom is 0.213 e. The Morgan fingerprint density at radius 3 is 2.47 bits per heavy atom. The van der Waals surface area contributed by atoms with Crippen molar-refractivity contribution in [2.75, 3.05) is 26.7 Å². The van der Waals surface area contributed by atoms with Crippen LogP contribution in [0.5, 0.6) is 0 Å². The van der Waals surface area contributed by atoms with Crippen LogP contribution in [0.15, 0.2) is 84.2 Å². The molecule has 0 aromatic heterocycles. The maximum atomic E-state index is 15.3. The van der Waals surface area contributed by atoms with Crippen molar-refractivity contribution in [3.8, 4) is 6.07 Å². The quantitative estimate of drug-likeness (QED) is 0.0709. The summed E-state index contributed by atoms with van der Waals surface area (Å²) in [6.07, 6.45) is 15.8. The van der Waals surface area contributed by atoms with Crippen molar-refractivity contribution >= 4 is 0 Å². The minimum Gasteiger partial charge on any atom is -0.368 e. The summed E-state index contributed by atoms with van der Waals surface area (Å²) in [6, 6.07) is 11.2. The van der Waals surface area contributed by atoms with Crippen LogP contribution < -0.4 is 10.6 Å². The van der Waals surface area contributed by atoms with E-state index in [1.807, 2.05) is 31.5 Å². The number of nitrogens with zero attached hydrogens (tertiary/aromatic N) is 2. The van der Waals surface area contributed by atoms with Crippen molar-refractivity contribution < 1.29 is 23.0 Å². The van der Waals surface area contributed by atoms with Gasteiger partial charge in [-0.3, -0.25) is 5.32 Å². The average molecular weight is 761 g/mol. The molecular formula is C46H63F3N4O2. The van der Waals surface area contributed by atoms with Gasteiger partial charge in [0, 0.05) is 23.7 Å². The molecule has 2 fully saturated rings. The van der Waals surface area contributed by atoms with Crippen LogP contribution in [-0.4, -0.2) is 49.2 Å². The van der Waals surface area contributed by atoms with Crippen LogP contribution in [0, 0.1) is 46.5 Å². The smallest absolute Gasteiger partial charge is 0.213 e. The predicted molar refractivity (Wildman–Crippen MR) is 216 cm³/mol. The Labute approximate surface area is 328 Å². The van der Waals surface area contributed by atoms with Crippen LogP contribution in [0.2, 0.25) is 0 Å². The average Bonchev–Trinajstić information content (AvgIpc) is 3.64. The molecule has 9 heteroatoms. The SMILES string of the molecule is C=C(Cc1c(F)cc(C#N)cc1F)CC(CC)CN1CCC([C@@](CC/C(C)=C/C(=C/N/C=C\C)CC)(c2cccc(F)c2)[C@H]2CCC[C@@H]2OC(O)NC)CC1. The monoisotopic (exact) mass is 760 g/mol. The van der Waals surface area contributed by atoms with Crippen LogP contribution >= 0.6 is 0 Å². The first-order valence-electron chi connectivity index (χ1n) is 20.2. The van der Waals surface area contributed by atoms with E-state index in [9.17, 15) is 13.9 Å². The number of aliphatic hydroxyl groups is 1. The highest BCUT2D eigenvalue weighted by Crippen LogP contribution is 2.54. The number of rotatable bonds is 20. The summed E-state index contributed by atoms with van der Waals surface area (Å²) in [5, 5.41) is 25.8. The summed E-state index contributed by atoms with van der Waals surface area (Å²) in [7, 11) is 1.69. The molecule has 1 heterocycles. The Morgan fingerprint density at radius 2 is 1.85 bits per heavy atom. The zero-order chi connectivity index (χ0) is 40.0. The number of piperidine rings is 1. The molecular weight excluding hydrogens is 698 g/mol. The Bertz CT molecular complexity index is 1670. The second kappa shape index (κ2) is 21.6. The van der Waals surface area contributed by atoms with Gasteiger partial charge in [0.15, 0.2) is 0 Å². The number of halogens is 3. The first-order chi connectivity index (χ1) is 26.5. The third-order valence-corrected chi connectivity index (χ3v) is 12.0. The first kappa shape index (κ1) is 44.0. The van der Waals surface area contributed by atoms with E-state index in [0.29, 0.717) is 6.42 Å². The minimum absolute atomic E-state index is 0.0326. The van der Waals surface area contributed by atoms with Crippen molar-refractivity contribution in [1.29, 1.82) is 5.26 Å². The van der Waals surface area contributed by atoms with Gasteiger partial charge in [-0.25, -0.2) is 13.2 Å². The van der Waals surface area contributed by atoms with E-state index in [1.54, 1.807) is 19.2 Å². The van der Waals surface area contributed by atoms with Crippen LogP contribution in [0.3, 0.4) is 0 Å². The molecule has 5 atom stereocenters. The number of allylic oxidation sites excluding steroid dienone is 5. The van der Waals surface area contributed by atoms with Gasteiger partial charge in [-0.2, -0.15) is 5.26 Å². The molecule has 3 N–H and O–H groups in total. The minimum atomic E-state index is -1.08. The number of hydrogen-bond acceptors (Lipinski definition) is 6. The lowest BCUT2D eigenvalue weighted by Gasteiger charge is -2.51. The number of benzene rings is 2. The third-order valence-electron chi connectivity index (χ3n) is 12.0. The molecule has 2 unspecified atom stereocenters. The molecule has 2 aromatic rings. The normalized spacial score (nSPS) is 21.0. The topological polar surface area (TPSA) is 80.6 Å². The highest BCUT2D eigenvalue weighted by atomic mass is 19.1. The molecule has 0 radical (unpaired) electrons. The molecule has 1 aliphatic carbocycles. The zero-order valence-corrected chi connectivity index (χ0v) is 33.7. The van der Waals surface area contributed by atoms with E-state index in [2.05, 4.69) is 55.0 Å². The lowest BCUT2D eigenvalue weighted by atomic mass is 9.56. The fraction of sp³-hybridized carbons (Fsp3) is 0.543. The van der Waals surface area contributed by atoms with Crippen LogP contribution in [-0.2, 0) is 16.6 Å². The lowest BCUT2D eigenvalue weighted by molar-refractivity contribution is -0.169. The summed E-state index contributed by atoms with van der Waals surface area (Å²) in [6.45, 7) is 15.3. The largest absolute Gasteiger partial charge is 0.368 e. The highest BCUT2D eigenvalue weighted by molar-refractivity contribution is 5.36. The molecule has 55 heavy (non-hydrogen) atoms. The van der Waals surface area contributed by atoms with Crippen LogP contribution in [0.1, 0.15) is 109 Å². The van der Waals surface area contributed by atoms with Gasteiger partial charge in [-0.05, 0) is 151 Å². The van der Waals surface area contributed by atoms with Gasteiger partial charge in [-0.15, -0.1) is 0 Å². The molecule has 300 valence electrons. The second-order valence-electron chi connectivity index (χ2n) is 15.6. The van der Waals surface area contributed by atoms with Crippen molar-refractivity contribution in [2.24, 2.45) is 17.8 Å². The first-order valence-corrected chi connectivity index (χ1v) is 20.2. The molecule has 6 nitrogen and oxygen atoms in total. The number of likely N-dealkylation sites (tertiary alicyclic amines) is 1. The van der Waals surface area contributed by atoms with E-state index in [0.717, 1.165) is 101 Å². The van der Waals surface area contributed by atoms with Gasteiger partial charge in [0.1, 0.15) is 17.5 Å². The lowest BCUT2D eigenvalue weighted by Crippen LogP contribution is -2.51. The van der Waals surface area contributed by atoms with Crippen molar-refractivity contribution in [1.82, 2.24) is 15.5 Å². The van der Waals surface area contributed by atoms with E-state index >= 15 is 4.39 Å². The van der Waals surface area contributed by atoms with Crippen LogP contribution in [0.4, 0.5) is 13.2 Å². The van der Waals surface area contributed by atoms with Gasteiger partial charge < -0.3 is 20.1 Å². The van der Waals surface area contributed by atoms with Crippen molar-refractivity contribution in [2.45, 2.75) is 116 Å². The van der Waals surface area contributed by atoms with E-state index in [-0.39, 0.29) is 52.6 Å². The van der Waals surface area contributed by atoms with Gasteiger partial charge in [0.05, 0.1) is 17.7 Å². The van der Waals surface area contributed by atoms with Crippen molar-refractivity contribution in [3.05, 3.63) is 118 Å². The van der Waals surface area contributed by atoms with Gasteiger partial charge in [-0.1, -0.05) is 68.7 Å². The molecule has 2 aliphatic rings. The number of aliphatic hydroxyl groups excluding tert-OH is 1. The fourth-order valence-corrected chi connectivity index (χ4v) is 9.17. The maximum absolute atomic E-state index is 15.3. The summed E-state index contributed by atoms with van der Waals surface area (Å²) in [5.74, 6) is -1.04. The van der Waals surface area contributed by atoms with Crippen LogP contribution in [0.25, 0.3) is 0 Å². The van der Waals surface area contributed by atoms with Gasteiger partial charge in [0.2, 0.25) is 6.41 Å². The number of ether oxygens (including phenoxy) is 1. The summed E-state index contributed by atoms with van der Waals surface area (Å²) < 4.78 is 50.9. The summed E-state index contributed by atoms with van der Waals surface area (Å²) >= 11 is 0. The standard InChI is InChI=1S/C46H63F3N4O2/c1-7-20-52-30-34(8-2)23-32(4)16-19-46(38-12-10-13-39(47)28-38,41-14-11-15-44(41)55-45(54)51-6)37-17-21-53(22-18-37)31-35(9-3)24-33(5)25-40-42(48)26-36(29-50)27-43(40)49/h7,10,12-13,20,23,26-28,30,35,37,41,44-45,51-52,54H,5,8-9,11,14-19,21-22,24-25,31H2,1-4,6H3/b20-7-,32-23+,34-30+/t35?,41-,44-,45?,46-/m0/s1. The third kappa shape index (κ3) is 11.9. The van der Waals surface area contributed by atoms with Gasteiger partial charge in [0.25, 0.3) is 0 Å². The zero-order valence-electron chi connectivity index (χ0n) is 33.7. The predicted octanol–water partition coefficient (Wildman–Crippen LogP) is 9.96. The second-order valence-corrected chi connectivity index (χ2v) is 15.6. The Kier molecular flexibility index (Phi) is 17.3. The highest BCUT2D eigenvalue weighted by Gasteiger charge is 2.52. The van der Waals surface area contributed by atoms with Crippen molar-refractivity contribution in [3.63, 3.8) is 0 Å². The number of hydrogen-bond donors (Lipinski definition) is 3. The van der Waals surface area contributed by atoms with E-state index < -0.39 is 18.0 Å². The fourth-order valence-electron chi connectivity index (χ4n) is 9.17. The van der Waals surface area contributed by atoms with Gasteiger partial charge >= 0.3 is 0 Å². The Balaban J connectivity index is 1.59. The summed E-state index contributed by atoms with van der Waals surface area (Å²) in [5.41, 5.74) is 3.81. The number of nitriles is 1. The molecule has 1 saturated heterocycles. The molecule has 0 spiro atoms. The Morgan fingerprint density at radius 1 is 1.13 bits per heavy atom.